The molecule has 1 aliphatic rings. The summed E-state index contributed by atoms with van der Waals surface area (Å²) in [5, 5.41) is 7.93. The average Bonchev–Trinajstić information content (AvgIpc) is 3.31. The van der Waals surface area contributed by atoms with Gasteiger partial charge in [-0.3, -0.25) is 15.0 Å². The maximum Gasteiger partial charge on any atom is 0.257 e. The van der Waals surface area contributed by atoms with Crippen molar-refractivity contribution >= 4 is 33.1 Å². The highest BCUT2D eigenvalue weighted by Crippen LogP contribution is 2.27. The summed E-state index contributed by atoms with van der Waals surface area (Å²) in [7, 11) is 0. The molecule has 0 aliphatic heterocycles. The summed E-state index contributed by atoms with van der Waals surface area (Å²) < 4.78 is 0. The van der Waals surface area contributed by atoms with E-state index in [1.165, 1.54) is 49.0 Å². The average molecular weight is 456 g/mol. The van der Waals surface area contributed by atoms with Gasteiger partial charge in [0.15, 0.2) is 5.13 Å². The van der Waals surface area contributed by atoms with Gasteiger partial charge in [-0.05, 0) is 41.3 Å². The Morgan fingerprint density at radius 1 is 0.909 bits per heavy atom. The fourth-order valence-corrected chi connectivity index (χ4v) is 5.42. The maximum atomic E-state index is 12.8. The lowest BCUT2D eigenvalue weighted by atomic mass is 9.93. The molecule has 4 aromatic rings. The minimum Gasteiger partial charge on any atom is -0.298 e. The Hall–Kier alpha value is -3.02. The van der Waals surface area contributed by atoms with Crippen molar-refractivity contribution in [2.75, 3.05) is 5.32 Å². The van der Waals surface area contributed by atoms with Crippen LogP contribution in [0.3, 0.4) is 0 Å². The normalized spacial score (nSPS) is 14.6. The Morgan fingerprint density at radius 2 is 1.67 bits per heavy atom. The van der Waals surface area contributed by atoms with E-state index in [9.17, 15) is 4.79 Å². The van der Waals surface area contributed by atoms with E-state index in [1.807, 2.05) is 36.4 Å². The van der Waals surface area contributed by atoms with Crippen LogP contribution in [0.2, 0.25) is 0 Å². The van der Waals surface area contributed by atoms with Crippen LogP contribution < -0.4 is 5.32 Å². The van der Waals surface area contributed by atoms with Crippen LogP contribution in [0.1, 0.15) is 53.7 Å². The number of carbonyl (C=O) groups is 1. The second kappa shape index (κ2) is 10.3. The predicted molar refractivity (Wildman–Crippen MR) is 137 cm³/mol. The predicted octanol–water partition coefficient (Wildman–Crippen LogP) is 6.88. The molecule has 33 heavy (non-hydrogen) atoms. The summed E-state index contributed by atoms with van der Waals surface area (Å²) in [5.41, 5.74) is 3.01. The molecule has 1 aliphatic carbocycles. The van der Waals surface area contributed by atoms with Crippen molar-refractivity contribution in [3.63, 3.8) is 0 Å². The number of anilines is 1. The number of hydrogen-bond donors (Lipinski definition) is 1. The third-order valence-corrected chi connectivity index (χ3v) is 7.28. The third kappa shape index (κ3) is 5.49. The first-order valence-electron chi connectivity index (χ1n) is 11.8. The number of thiazole rings is 1. The first-order chi connectivity index (χ1) is 16.2. The van der Waals surface area contributed by atoms with Crippen LogP contribution in [-0.4, -0.2) is 21.8 Å². The van der Waals surface area contributed by atoms with Gasteiger partial charge in [0, 0.05) is 30.1 Å². The first kappa shape index (κ1) is 21.8. The quantitative estimate of drug-likeness (QED) is 0.330. The van der Waals surface area contributed by atoms with Crippen molar-refractivity contribution < 1.29 is 4.79 Å². The topological polar surface area (TPSA) is 45.2 Å². The Morgan fingerprint density at radius 3 is 2.48 bits per heavy atom. The second-order valence-electron chi connectivity index (χ2n) is 8.84. The molecular formula is C28H29N3OS. The number of nitrogens with one attached hydrogen (secondary N) is 1. The van der Waals surface area contributed by atoms with Crippen LogP contribution >= 0.6 is 11.3 Å². The summed E-state index contributed by atoms with van der Waals surface area (Å²) in [5.74, 6) is -0.116. The van der Waals surface area contributed by atoms with Gasteiger partial charge in [0.1, 0.15) is 0 Å². The van der Waals surface area contributed by atoms with E-state index in [0.29, 0.717) is 16.7 Å². The van der Waals surface area contributed by atoms with Crippen molar-refractivity contribution in [1.82, 2.24) is 9.88 Å². The number of fused-ring (bicyclic) bond motifs is 1. The molecule has 0 spiro atoms. The van der Waals surface area contributed by atoms with Crippen molar-refractivity contribution in [2.45, 2.75) is 51.2 Å². The Labute approximate surface area is 199 Å². The van der Waals surface area contributed by atoms with Crippen LogP contribution in [0.5, 0.6) is 0 Å². The lowest BCUT2D eigenvalue weighted by molar-refractivity contribution is 0.102. The van der Waals surface area contributed by atoms with Gasteiger partial charge in [-0.2, -0.15) is 0 Å². The van der Waals surface area contributed by atoms with Gasteiger partial charge in [-0.15, -0.1) is 11.3 Å². The molecule has 1 N–H and O–H groups in total. The lowest BCUT2D eigenvalue weighted by Gasteiger charge is -2.34. The fourth-order valence-electron chi connectivity index (χ4n) is 4.72. The van der Waals surface area contributed by atoms with Crippen molar-refractivity contribution in [3.05, 3.63) is 95.0 Å². The number of hydrogen-bond acceptors (Lipinski definition) is 4. The highest BCUT2D eigenvalue weighted by Gasteiger charge is 2.22. The molecule has 0 saturated heterocycles. The first-order valence-corrected chi connectivity index (χ1v) is 12.6. The minimum atomic E-state index is -0.116. The van der Waals surface area contributed by atoms with E-state index in [4.69, 9.17) is 4.98 Å². The summed E-state index contributed by atoms with van der Waals surface area (Å²) in [4.78, 5) is 20.2. The molecular weight excluding hydrogens is 426 g/mol. The summed E-state index contributed by atoms with van der Waals surface area (Å²) in [6, 6.07) is 25.2. The van der Waals surface area contributed by atoms with Crippen LogP contribution in [-0.2, 0) is 13.1 Å². The molecule has 0 atom stereocenters. The van der Waals surface area contributed by atoms with Crippen LogP contribution in [0.4, 0.5) is 5.13 Å². The van der Waals surface area contributed by atoms with Crippen molar-refractivity contribution in [2.24, 2.45) is 0 Å². The highest BCUT2D eigenvalue weighted by molar-refractivity contribution is 7.14. The van der Waals surface area contributed by atoms with Gasteiger partial charge < -0.3 is 0 Å². The number of rotatable bonds is 7. The van der Waals surface area contributed by atoms with E-state index in [1.54, 1.807) is 0 Å². The van der Waals surface area contributed by atoms with Crippen molar-refractivity contribution in [3.8, 4) is 0 Å². The Balaban J connectivity index is 1.28. The highest BCUT2D eigenvalue weighted by atomic mass is 32.1. The smallest absolute Gasteiger partial charge is 0.257 e. The lowest BCUT2D eigenvalue weighted by Crippen LogP contribution is -2.36. The largest absolute Gasteiger partial charge is 0.298 e. The molecule has 0 bridgehead atoms. The van der Waals surface area contributed by atoms with Gasteiger partial charge >= 0.3 is 0 Å². The van der Waals surface area contributed by atoms with Crippen LogP contribution in [0.15, 0.2) is 78.2 Å². The molecule has 1 aromatic heterocycles. The number of carbonyl (C=O) groups excluding carboxylic acids is 1. The van der Waals surface area contributed by atoms with Gasteiger partial charge in [0.25, 0.3) is 5.91 Å². The molecule has 4 nitrogen and oxygen atoms in total. The van der Waals surface area contributed by atoms with E-state index in [2.05, 4.69) is 52.0 Å². The molecule has 1 amide bonds. The number of amides is 1. The fraction of sp³-hybridized carbons (Fsp3) is 0.286. The minimum absolute atomic E-state index is 0.116. The standard InChI is InChI=1S/C28H29N3OS/c32-27(24-16-15-22-11-7-8-12-23(22)17-24)30-28-29-25(20-33-28)19-31(26-13-5-2-6-14-26)18-21-9-3-1-4-10-21/h1,3-4,7-12,15-17,20,26H,2,5-6,13-14,18-19H2,(H,29,30,32). The molecule has 3 aromatic carbocycles. The third-order valence-electron chi connectivity index (χ3n) is 6.47. The Kier molecular flexibility index (Phi) is 6.79. The number of benzene rings is 3. The van der Waals surface area contributed by atoms with Gasteiger partial charge in [0.05, 0.1) is 5.69 Å². The summed E-state index contributed by atoms with van der Waals surface area (Å²) in [6.07, 6.45) is 6.46. The monoisotopic (exact) mass is 455 g/mol. The number of aromatic nitrogens is 1. The summed E-state index contributed by atoms with van der Waals surface area (Å²) >= 11 is 1.50. The molecule has 1 fully saturated rings. The molecule has 5 heteroatoms. The molecule has 1 heterocycles. The van der Waals surface area contributed by atoms with Crippen LogP contribution in [0.25, 0.3) is 10.8 Å². The van der Waals surface area contributed by atoms with Crippen LogP contribution in [0, 0.1) is 0 Å². The van der Waals surface area contributed by atoms with E-state index in [-0.39, 0.29) is 5.91 Å². The maximum absolute atomic E-state index is 12.8. The van der Waals surface area contributed by atoms with Gasteiger partial charge in [0.2, 0.25) is 0 Å². The molecule has 0 radical (unpaired) electrons. The zero-order chi connectivity index (χ0) is 22.5. The SMILES string of the molecule is O=C(Nc1nc(CN(Cc2ccccc2)C2CCCCC2)cs1)c1ccc2ccccc2c1. The Bertz CT molecular complexity index is 1210. The second-order valence-corrected chi connectivity index (χ2v) is 9.70. The van der Waals surface area contributed by atoms with E-state index in [0.717, 1.165) is 29.6 Å². The van der Waals surface area contributed by atoms with Gasteiger partial charge in [-0.25, -0.2) is 4.98 Å². The zero-order valence-corrected chi connectivity index (χ0v) is 19.6. The van der Waals surface area contributed by atoms with E-state index >= 15 is 0 Å². The van der Waals surface area contributed by atoms with Crippen molar-refractivity contribution in [1.29, 1.82) is 0 Å². The van der Waals surface area contributed by atoms with Gasteiger partial charge in [-0.1, -0.05) is 79.9 Å². The number of nitrogens with zero attached hydrogens (tertiary/aromatic N) is 2. The summed E-state index contributed by atoms with van der Waals surface area (Å²) in [6.45, 7) is 1.74. The van der Waals surface area contributed by atoms with E-state index < -0.39 is 0 Å². The zero-order valence-electron chi connectivity index (χ0n) is 18.7. The molecule has 168 valence electrons. The molecule has 1 saturated carbocycles. The molecule has 5 rings (SSSR count). The molecule has 0 unspecified atom stereocenters.